The molecule has 1 N–H and O–H groups in total. The highest BCUT2D eigenvalue weighted by Crippen LogP contribution is 2.27. The van der Waals surface area contributed by atoms with Crippen LogP contribution >= 0.6 is 0 Å². The van der Waals surface area contributed by atoms with E-state index in [-0.39, 0.29) is 5.91 Å². The quantitative estimate of drug-likeness (QED) is 0.389. The summed E-state index contributed by atoms with van der Waals surface area (Å²) in [6, 6.07) is 12.4. The number of amides is 1. The van der Waals surface area contributed by atoms with E-state index in [1.807, 2.05) is 18.2 Å². The van der Waals surface area contributed by atoms with Gasteiger partial charge >= 0.3 is 0 Å². The Morgan fingerprint density at radius 1 is 1.07 bits per heavy atom. The number of ether oxygens (including phenoxy) is 3. The first-order valence-corrected chi connectivity index (χ1v) is 8.96. The first-order chi connectivity index (χ1) is 13.2. The van der Waals surface area contributed by atoms with Gasteiger partial charge in [-0.05, 0) is 48.4 Å². The lowest BCUT2D eigenvalue weighted by Gasteiger charge is -2.11. The highest BCUT2D eigenvalue weighted by atomic mass is 16.5. The Morgan fingerprint density at radius 2 is 1.93 bits per heavy atom. The van der Waals surface area contributed by atoms with Gasteiger partial charge in [0.2, 0.25) is 0 Å². The minimum atomic E-state index is -0.312. The third kappa shape index (κ3) is 6.33. The molecule has 6 heteroatoms. The van der Waals surface area contributed by atoms with Crippen LogP contribution in [-0.2, 0) is 0 Å². The van der Waals surface area contributed by atoms with Gasteiger partial charge in [0, 0.05) is 5.56 Å². The normalized spacial score (nSPS) is 10.6. The smallest absolute Gasteiger partial charge is 0.271 e. The molecule has 27 heavy (non-hydrogen) atoms. The van der Waals surface area contributed by atoms with Crippen LogP contribution in [0.1, 0.15) is 42.1 Å². The van der Waals surface area contributed by atoms with Crippen molar-refractivity contribution in [2.75, 3.05) is 20.8 Å². The predicted molar refractivity (Wildman–Crippen MR) is 106 cm³/mol. The number of nitrogens with one attached hydrogen (secondary N) is 1. The number of methoxy groups -OCH3 is 2. The molecule has 0 saturated heterocycles. The number of rotatable bonds is 10. The van der Waals surface area contributed by atoms with Crippen LogP contribution in [0.3, 0.4) is 0 Å². The van der Waals surface area contributed by atoms with Gasteiger partial charge in [-0.25, -0.2) is 5.43 Å². The molecule has 0 radical (unpaired) electrons. The molecule has 0 aromatic heterocycles. The first-order valence-electron chi connectivity index (χ1n) is 8.96. The zero-order chi connectivity index (χ0) is 19.5. The fourth-order valence-electron chi connectivity index (χ4n) is 2.41. The largest absolute Gasteiger partial charge is 0.497 e. The molecule has 1 amide bonds. The van der Waals surface area contributed by atoms with Crippen molar-refractivity contribution in [1.29, 1.82) is 0 Å². The van der Waals surface area contributed by atoms with Crippen LogP contribution in [0.15, 0.2) is 47.6 Å². The molecular formula is C21H26N2O4. The van der Waals surface area contributed by atoms with Crippen molar-refractivity contribution in [2.24, 2.45) is 5.10 Å². The lowest BCUT2D eigenvalue weighted by atomic mass is 10.2. The van der Waals surface area contributed by atoms with Crippen LogP contribution in [0.25, 0.3) is 0 Å². The van der Waals surface area contributed by atoms with Crippen LogP contribution in [0.2, 0.25) is 0 Å². The van der Waals surface area contributed by atoms with E-state index in [9.17, 15) is 4.79 Å². The highest BCUT2D eigenvalue weighted by molar-refractivity contribution is 5.95. The van der Waals surface area contributed by atoms with Gasteiger partial charge in [0.1, 0.15) is 5.75 Å². The molecule has 0 aliphatic heterocycles. The summed E-state index contributed by atoms with van der Waals surface area (Å²) in [5.74, 6) is 1.64. The fourth-order valence-corrected chi connectivity index (χ4v) is 2.41. The Morgan fingerprint density at radius 3 is 2.67 bits per heavy atom. The maximum absolute atomic E-state index is 12.1. The van der Waals surface area contributed by atoms with Gasteiger partial charge in [-0.3, -0.25) is 4.79 Å². The van der Waals surface area contributed by atoms with Crippen molar-refractivity contribution in [3.8, 4) is 17.2 Å². The van der Waals surface area contributed by atoms with Crippen molar-refractivity contribution in [3.05, 3.63) is 53.6 Å². The number of unbranched alkanes of at least 4 members (excludes halogenated alkanes) is 2. The Labute approximate surface area is 160 Å². The average Bonchev–Trinajstić information content (AvgIpc) is 2.71. The van der Waals surface area contributed by atoms with Gasteiger partial charge in [0.15, 0.2) is 11.5 Å². The topological polar surface area (TPSA) is 69.2 Å². The summed E-state index contributed by atoms with van der Waals surface area (Å²) in [6.45, 7) is 2.82. The van der Waals surface area contributed by atoms with Crippen molar-refractivity contribution in [1.82, 2.24) is 5.43 Å². The minimum Gasteiger partial charge on any atom is -0.497 e. The van der Waals surface area contributed by atoms with Gasteiger partial charge in [0.05, 0.1) is 27.0 Å². The molecule has 2 aromatic carbocycles. The molecule has 6 nitrogen and oxygen atoms in total. The molecule has 0 saturated carbocycles. The Bertz CT molecular complexity index is 775. The molecule has 0 atom stereocenters. The van der Waals surface area contributed by atoms with Crippen LogP contribution < -0.4 is 19.6 Å². The molecule has 2 rings (SSSR count). The number of hydrogen-bond donors (Lipinski definition) is 1. The molecule has 2 aromatic rings. The second kappa shape index (κ2) is 10.9. The maximum atomic E-state index is 12.1. The predicted octanol–water partition coefficient (Wildman–Crippen LogP) is 4.04. The second-order valence-corrected chi connectivity index (χ2v) is 5.90. The van der Waals surface area contributed by atoms with Crippen LogP contribution in [-0.4, -0.2) is 32.9 Å². The number of hydrazone groups is 1. The molecular weight excluding hydrogens is 344 g/mol. The first kappa shape index (κ1) is 20.3. The van der Waals surface area contributed by atoms with Gasteiger partial charge in [-0.15, -0.1) is 0 Å². The van der Waals surface area contributed by atoms with E-state index in [4.69, 9.17) is 14.2 Å². The maximum Gasteiger partial charge on any atom is 0.271 e. The number of benzene rings is 2. The molecule has 0 heterocycles. The Balaban J connectivity index is 1.96. The minimum absolute atomic E-state index is 0.312. The average molecular weight is 370 g/mol. The zero-order valence-electron chi connectivity index (χ0n) is 16.0. The van der Waals surface area contributed by atoms with Gasteiger partial charge in [-0.2, -0.15) is 5.10 Å². The number of carbonyl (C=O) groups excluding carboxylic acids is 1. The summed E-state index contributed by atoms with van der Waals surface area (Å²) in [4.78, 5) is 12.1. The number of nitrogens with zero attached hydrogens (tertiary/aromatic N) is 1. The van der Waals surface area contributed by atoms with E-state index in [2.05, 4.69) is 17.5 Å². The lowest BCUT2D eigenvalue weighted by Crippen LogP contribution is -2.17. The van der Waals surface area contributed by atoms with Crippen molar-refractivity contribution in [3.63, 3.8) is 0 Å². The summed E-state index contributed by atoms with van der Waals surface area (Å²) in [7, 11) is 3.15. The highest BCUT2D eigenvalue weighted by Gasteiger charge is 2.07. The Kier molecular flexibility index (Phi) is 8.16. The van der Waals surface area contributed by atoms with E-state index < -0.39 is 0 Å². The summed E-state index contributed by atoms with van der Waals surface area (Å²) in [5.41, 5.74) is 3.76. The molecule has 0 bridgehead atoms. The molecule has 0 spiro atoms. The van der Waals surface area contributed by atoms with Crippen LogP contribution in [0.5, 0.6) is 17.2 Å². The number of hydrogen-bond acceptors (Lipinski definition) is 5. The summed E-state index contributed by atoms with van der Waals surface area (Å²) >= 11 is 0. The molecule has 144 valence electrons. The summed E-state index contributed by atoms with van der Waals surface area (Å²) in [6.07, 6.45) is 4.86. The zero-order valence-corrected chi connectivity index (χ0v) is 16.0. The van der Waals surface area contributed by atoms with Gasteiger partial charge in [0.25, 0.3) is 5.91 Å². The molecule has 0 aliphatic carbocycles. The summed E-state index contributed by atoms with van der Waals surface area (Å²) in [5, 5.41) is 4.00. The van der Waals surface area contributed by atoms with Crippen molar-refractivity contribution in [2.45, 2.75) is 26.2 Å². The SMILES string of the molecule is CCCCCOc1ccc(/C=N/NC(=O)c2cccc(OC)c2)cc1OC. The van der Waals surface area contributed by atoms with Gasteiger partial charge < -0.3 is 14.2 Å². The summed E-state index contributed by atoms with van der Waals surface area (Å²) < 4.78 is 16.2. The third-order valence-corrected chi connectivity index (χ3v) is 3.90. The van der Waals surface area contributed by atoms with E-state index >= 15 is 0 Å². The third-order valence-electron chi connectivity index (χ3n) is 3.90. The fraction of sp³-hybridized carbons (Fsp3) is 0.333. The molecule has 0 unspecified atom stereocenters. The molecule has 0 fully saturated rings. The Hall–Kier alpha value is -3.02. The van der Waals surface area contributed by atoms with E-state index in [0.717, 1.165) is 24.8 Å². The second-order valence-electron chi connectivity index (χ2n) is 5.90. The van der Waals surface area contributed by atoms with Crippen LogP contribution in [0, 0.1) is 0 Å². The van der Waals surface area contributed by atoms with E-state index in [0.29, 0.717) is 29.4 Å². The van der Waals surface area contributed by atoms with Crippen molar-refractivity contribution < 1.29 is 19.0 Å². The van der Waals surface area contributed by atoms with Gasteiger partial charge in [-0.1, -0.05) is 25.8 Å². The van der Waals surface area contributed by atoms with E-state index in [1.165, 1.54) is 0 Å². The monoisotopic (exact) mass is 370 g/mol. The van der Waals surface area contributed by atoms with Crippen molar-refractivity contribution >= 4 is 12.1 Å². The number of carbonyl (C=O) groups is 1. The molecule has 0 aliphatic rings. The van der Waals surface area contributed by atoms with E-state index in [1.54, 1.807) is 44.7 Å². The van der Waals surface area contributed by atoms with Crippen LogP contribution in [0.4, 0.5) is 0 Å². The standard InChI is InChI=1S/C21H26N2O4/c1-4-5-6-12-27-19-11-10-16(13-20(19)26-3)15-22-23-21(24)17-8-7-9-18(14-17)25-2/h7-11,13-15H,4-6,12H2,1-3H3,(H,23,24)/b22-15+. The lowest BCUT2D eigenvalue weighted by molar-refractivity contribution is 0.0955.